The average Bonchev–Trinajstić information content (AvgIpc) is 2.94. The van der Waals surface area contributed by atoms with E-state index in [9.17, 15) is 4.79 Å². The van der Waals surface area contributed by atoms with E-state index in [1.54, 1.807) is 12.1 Å². The first-order valence-electron chi connectivity index (χ1n) is 6.19. The van der Waals surface area contributed by atoms with Gasteiger partial charge in [-0.15, -0.1) is 0 Å². The van der Waals surface area contributed by atoms with Crippen LogP contribution >= 0.6 is 15.9 Å². The molecule has 0 amide bonds. The van der Waals surface area contributed by atoms with Crippen LogP contribution in [0.15, 0.2) is 75.8 Å². The molecular weight excluding hydrogens is 316 g/mol. The molecule has 0 saturated heterocycles. The van der Waals surface area contributed by atoms with Crippen LogP contribution in [0.25, 0.3) is 11.1 Å². The minimum Gasteiger partial charge on any atom is -0.446 e. The molecule has 0 fully saturated rings. The van der Waals surface area contributed by atoms with Gasteiger partial charge in [0.1, 0.15) is 0 Å². The van der Waals surface area contributed by atoms with Gasteiger partial charge in [-0.3, -0.25) is 4.79 Å². The molecule has 0 unspecified atom stereocenters. The molecule has 1 heterocycles. The smallest absolute Gasteiger partial charge is 0.228 e. The van der Waals surface area contributed by atoms with E-state index < -0.39 is 0 Å². The van der Waals surface area contributed by atoms with Gasteiger partial charge in [-0.2, -0.15) is 0 Å². The first kappa shape index (κ1) is 12.9. The number of halogens is 1. The van der Waals surface area contributed by atoms with Crippen molar-refractivity contribution in [1.29, 1.82) is 0 Å². The van der Waals surface area contributed by atoms with Crippen LogP contribution in [0.1, 0.15) is 16.1 Å². The predicted molar refractivity (Wildman–Crippen MR) is 81.7 cm³/mol. The highest BCUT2D eigenvalue weighted by molar-refractivity contribution is 9.10. The van der Waals surface area contributed by atoms with Crippen molar-refractivity contribution < 1.29 is 9.21 Å². The van der Waals surface area contributed by atoms with E-state index >= 15 is 0 Å². The molecule has 98 valence electrons. The maximum absolute atomic E-state index is 12.2. The molecule has 0 aliphatic rings. The van der Waals surface area contributed by atoms with Gasteiger partial charge in [0.2, 0.25) is 5.78 Å². The SMILES string of the molecule is O=C(c1ccc(-c2ccccc2)cc1)c1ccc(Br)o1. The van der Waals surface area contributed by atoms with Crippen molar-refractivity contribution in [3.63, 3.8) is 0 Å². The first-order valence-corrected chi connectivity index (χ1v) is 6.99. The molecule has 2 aromatic carbocycles. The number of furan rings is 1. The molecule has 0 aliphatic heterocycles. The van der Waals surface area contributed by atoms with E-state index in [1.165, 1.54) is 0 Å². The Bertz CT molecular complexity index is 727. The van der Waals surface area contributed by atoms with Gasteiger partial charge < -0.3 is 4.42 Å². The van der Waals surface area contributed by atoms with Crippen molar-refractivity contribution >= 4 is 21.7 Å². The van der Waals surface area contributed by atoms with Crippen LogP contribution in [0.2, 0.25) is 0 Å². The highest BCUT2D eigenvalue weighted by atomic mass is 79.9. The maximum Gasteiger partial charge on any atom is 0.228 e. The van der Waals surface area contributed by atoms with Gasteiger partial charge in [0.05, 0.1) is 0 Å². The third kappa shape index (κ3) is 2.58. The van der Waals surface area contributed by atoms with Crippen molar-refractivity contribution in [2.45, 2.75) is 0 Å². The normalized spacial score (nSPS) is 10.4. The zero-order valence-corrected chi connectivity index (χ0v) is 12.1. The topological polar surface area (TPSA) is 30.2 Å². The Kier molecular flexibility index (Phi) is 3.52. The number of rotatable bonds is 3. The van der Waals surface area contributed by atoms with Crippen LogP contribution in [0, 0.1) is 0 Å². The third-order valence-electron chi connectivity index (χ3n) is 3.05. The first-order chi connectivity index (χ1) is 9.74. The predicted octanol–water partition coefficient (Wildman–Crippen LogP) is 4.94. The summed E-state index contributed by atoms with van der Waals surface area (Å²) >= 11 is 3.20. The van der Waals surface area contributed by atoms with Crippen molar-refractivity contribution in [3.05, 3.63) is 82.7 Å². The summed E-state index contributed by atoms with van der Waals surface area (Å²) in [5.74, 6) is 0.222. The summed E-state index contributed by atoms with van der Waals surface area (Å²) in [5, 5.41) is 0. The highest BCUT2D eigenvalue weighted by Crippen LogP contribution is 2.22. The second kappa shape index (κ2) is 5.47. The molecule has 0 radical (unpaired) electrons. The van der Waals surface area contributed by atoms with Gasteiger partial charge in [0, 0.05) is 5.56 Å². The van der Waals surface area contributed by atoms with Gasteiger partial charge >= 0.3 is 0 Å². The van der Waals surface area contributed by atoms with Crippen molar-refractivity contribution in [1.82, 2.24) is 0 Å². The minimum atomic E-state index is -0.115. The number of hydrogen-bond donors (Lipinski definition) is 0. The molecular formula is C17H11BrO2. The summed E-state index contributed by atoms with van der Waals surface area (Å²) in [5.41, 5.74) is 2.83. The molecule has 3 heteroatoms. The quantitative estimate of drug-likeness (QED) is 0.638. The van der Waals surface area contributed by atoms with E-state index in [1.807, 2.05) is 54.6 Å². The van der Waals surface area contributed by atoms with Crippen molar-refractivity contribution in [2.75, 3.05) is 0 Å². The van der Waals surface area contributed by atoms with Gasteiger partial charge in [-0.05, 0) is 39.2 Å². The van der Waals surface area contributed by atoms with E-state index in [-0.39, 0.29) is 5.78 Å². The Hall–Kier alpha value is -2.13. The van der Waals surface area contributed by atoms with E-state index in [0.29, 0.717) is 16.0 Å². The Morgan fingerprint density at radius 3 is 2.05 bits per heavy atom. The fourth-order valence-electron chi connectivity index (χ4n) is 2.02. The van der Waals surface area contributed by atoms with Gasteiger partial charge in [0.25, 0.3) is 0 Å². The standard InChI is InChI=1S/C17H11BrO2/c18-16-11-10-15(20-16)17(19)14-8-6-13(7-9-14)12-4-2-1-3-5-12/h1-11H. The molecule has 0 saturated carbocycles. The highest BCUT2D eigenvalue weighted by Gasteiger charge is 2.13. The summed E-state index contributed by atoms with van der Waals surface area (Å²) in [4.78, 5) is 12.2. The summed E-state index contributed by atoms with van der Waals surface area (Å²) in [6.07, 6.45) is 0. The Labute approximate surface area is 125 Å². The Balaban J connectivity index is 1.88. The van der Waals surface area contributed by atoms with Crippen LogP contribution in [0.4, 0.5) is 0 Å². The summed E-state index contributed by atoms with van der Waals surface area (Å²) in [7, 11) is 0. The van der Waals surface area contributed by atoms with E-state index in [4.69, 9.17) is 4.42 Å². The Morgan fingerprint density at radius 1 is 0.800 bits per heavy atom. The summed E-state index contributed by atoms with van der Waals surface area (Å²) in [6, 6.07) is 21.0. The molecule has 0 spiro atoms. The number of benzene rings is 2. The molecule has 3 aromatic rings. The van der Waals surface area contributed by atoms with Crippen molar-refractivity contribution in [2.24, 2.45) is 0 Å². The monoisotopic (exact) mass is 326 g/mol. The zero-order valence-electron chi connectivity index (χ0n) is 10.5. The minimum absolute atomic E-state index is 0.115. The number of hydrogen-bond acceptors (Lipinski definition) is 2. The zero-order chi connectivity index (χ0) is 13.9. The molecule has 2 nitrogen and oxygen atoms in total. The van der Waals surface area contributed by atoms with Crippen LogP contribution in [-0.2, 0) is 0 Å². The van der Waals surface area contributed by atoms with Crippen LogP contribution in [0.5, 0.6) is 0 Å². The number of carbonyl (C=O) groups excluding carboxylic acids is 1. The fourth-order valence-corrected chi connectivity index (χ4v) is 2.33. The molecule has 0 bridgehead atoms. The molecule has 0 aliphatic carbocycles. The van der Waals surface area contributed by atoms with Gasteiger partial charge in [0.15, 0.2) is 10.4 Å². The molecule has 3 rings (SSSR count). The maximum atomic E-state index is 12.2. The van der Waals surface area contributed by atoms with Crippen LogP contribution in [-0.4, -0.2) is 5.78 Å². The van der Waals surface area contributed by atoms with Crippen LogP contribution < -0.4 is 0 Å². The summed E-state index contributed by atoms with van der Waals surface area (Å²) < 4.78 is 5.84. The van der Waals surface area contributed by atoms with E-state index in [2.05, 4.69) is 15.9 Å². The molecule has 20 heavy (non-hydrogen) atoms. The third-order valence-corrected chi connectivity index (χ3v) is 3.48. The fraction of sp³-hybridized carbons (Fsp3) is 0. The number of ketones is 1. The second-order valence-corrected chi connectivity index (χ2v) is 5.16. The van der Waals surface area contributed by atoms with Crippen molar-refractivity contribution in [3.8, 4) is 11.1 Å². The van der Waals surface area contributed by atoms with Crippen LogP contribution in [0.3, 0.4) is 0 Å². The lowest BCUT2D eigenvalue weighted by atomic mass is 10.0. The molecule has 1 aromatic heterocycles. The van der Waals surface area contributed by atoms with Gasteiger partial charge in [-0.1, -0.05) is 54.6 Å². The largest absolute Gasteiger partial charge is 0.446 e. The second-order valence-electron chi connectivity index (χ2n) is 4.38. The molecule has 0 N–H and O–H groups in total. The lowest BCUT2D eigenvalue weighted by Crippen LogP contribution is -1.98. The van der Waals surface area contributed by atoms with Gasteiger partial charge in [-0.25, -0.2) is 0 Å². The lowest BCUT2D eigenvalue weighted by molar-refractivity contribution is 0.101. The van der Waals surface area contributed by atoms with E-state index in [0.717, 1.165) is 11.1 Å². The number of carbonyl (C=O) groups is 1. The average molecular weight is 327 g/mol. The molecule has 0 atom stereocenters. The Morgan fingerprint density at radius 2 is 1.45 bits per heavy atom. The summed E-state index contributed by atoms with van der Waals surface area (Å²) in [6.45, 7) is 0. The lowest BCUT2D eigenvalue weighted by Gasteiger charge is -2.03.